The number of nitrogens with two attached hydrogens (primary N) is 1. The van der Waals surface area contributed by atoms with Crippen molar-refractivity contribution in [3.63, 3.8) is 0 Å². The molecule has 4 heteroatoms. The van der Waals surface area contributed by atoms with Crippen LogP contribution in [-0.4, -0.2) is 22.8 Å². The van der Waals surface area contributed by atoms with Crippen LogP contribution < -0.4 is 5.73 Å². The van der Waals surface area contributed by atoms with E-state index in [0.29, 0.717) is 12.6 Å². The van der Waals surface area contributed by atoms with Crippen LogP contribution in [0, 0.1) is 0 Å². The van der Waals surface area contributed by atoms with Crippen LogP contribution >= 0.6 is 0 Å². The normalized spacial score (nSPS) is 19.2. The second-order valence-electron chi connectivity index (χ2n) is 3.36. The molecule has 1 aliphatic heterocycles. The van der Waals surface area contributed by atoms with Gasteiger partial charge in [-0.15, -0.1) is 0 Å². The largest absolute Gasteiger partial charge is 0.381 e. The average Bonchev–Trinajstić information content (AvgIpc) is 2.67. The first kappa shape index (κ1) is 8.72. The minimum absolute atomic E-state index is 0.524. The molecule has 13 heavy (non-hydrogen) atoms. The molecule has 2 N–H and O–H groups in total. The Morgan fingerprint density at radius 2 is 2.31 bits per heavy atom. The molecule has 1 fully saturated rings. The van der Waals surface area contributed by atoms with Crippen molar-refractivity contribution < 1.29 is 4.74 Å². The number of nitrogens with zero attached hydrogens (tertiary/aromatic N) is 2. The number of hydrogen-bond acceptors (Lipinski definition) is 3. The summed E-state index contributed by atoms with van der Waals surface area (Å²) in [5, 5.41) is 0. The van der Waals surface area contributed by atoms with Gasteiger partial charge in [-0.3, -0.25) is 0 Å². The van der Waals surface area contributed by atoms with Gasteiger partial charge in [-0.2, -0.15) is 0 Å². The molecular weight excluding hydrogens is 166 g/mol. The topological polar surface area (TPSA) is 53.1 Å². The minimum atomic E-state index is 0.524. The highest BCUT2D eigenvalue weighted by Gasteiger charge is 2.15. The molecule has 1 aromatic heterocycles. The van der Waals surface area contributed by atoms with E-state index in [2.05, 4.69) is 9.55 Å². The molecule has 1 saturated heterocycles. The smallest absolute Gasteiger partial charge is 0.0952 e. The van der Waals surface area contributed by atoms with Crippen LogP contribution in [0.5, 0.6) is 0 Å². The van der Waals surface area contributed by atoms with E-state index in [9.17, 15) is 0 Å². The Bertz CT molecular complexity index is 266. The predicted octanol–water partition coefficient (Wildman–Crippen LogP) is 0.693. The van der Waals surface area contributed by atoms with Crippen LogP contribution in [0.2, 0.25) is 0 Å². The summed E-state index contributed by atoms with van der Waals surface area (Å²) in [7, 11) is 0. The summed E-state index contributed by atoms with van der Waals surface area (Å²) in [6.45, 7) is 2.25. The molecule has 0 aromatic carbocycles. The average molecular weight is 181 g/mol. The first-order valence-electron chi connectivity index (χ1n) is 4.70. The van der Waals surface area contributed by atoms with Gasteiger partial charge in [0.1, 0.15) is 0 Å². The van der Waals surface area contributed by atoms with E-state index >= 15 is 0 Å². The van der Waals surface area contributed by atoms with E-state index in [-0.39, 0.29) is 0 Å². The maximum absolute atomic E-state index is 5.49. The standard InChI is InChI=1S/C9H15N3O/c10-5-8-6-12(7-11-8)9-1-3-13-4-2-9/h6-7,9H,1-5,10H2. The van der Waals surface area contributed by atoms with Crippen molar-refractivity contribution in [2.75, 3.05) is 13.2 Å². The van der Waals surface area contributed by atoms with Crippen molar-refractivity contribution in [3.8, 4) is 0 Å². The third kappa shape index (κ3) is 1.89. The van der Waals surface area contributed by atoms with Gasteiger partial charge < -0.3 is 15.0 Å². The number of rotatable bonds is 2. The molecule has 2 rings (SSSR count). The lowest BCUT2D eigenvalue weighted by atomic mass is 10.1. The zero-order chi connectivity index (χ0) is 9.10. The molecule has 72 valence electrons. The van der Waals surface area contributed by atoms with Crippen LogP contribution in [-0.2, 0) is 11.3 Å². The molecule has 0 unspecified atom stereocenters. The quantitative estimate of drug-likeness (QED) is 0.730. The summed E-state index contributed by atoms with van der Waals surface area (Å²) in [6.07, 6.45) is 6.08. The highest BCUT2D eigenvalue weighted by molar-refractivity contribution is 4.97. The summed E-state index contributed by atoms with van der Waals surface area (Å²) in [6, 6.07) is 0.557. The molecule has 1 aliphatic rings. The van der Waals surface area contributed by atoms with Gasteiger partial charge in [-0.25, -0.2) is 4.98 Å². The van der Waals surface area contributed by atoms with Crippen LogP contribution in [0.4, 0.5) is 0 Å². The van der Waals surface area contributed by atoms with Crippen LogP contribution in [0.1, 0.15) is 24.6 Å². The fraction of sp³-hybridized carbons (Fsp3) is 0.667. The van der Waals surface area contributed by atoms with E-state index in [1.54, 1.807) is 0 Å². The molecule has 0 amide bonds. The van der Waals surface area contributed by atoms with Gasteiger partial charge in [-0.1, -0.05) is 0 Å². The van der Waals surface area contributed by atoms with Gasteiger partial charge in [0.25, 0.3) is 0 Å². The van der Waals surface area contributed by atoms with Gasteiger partial charge in [-0.05, 0) is 12.8 Å². The zero-order valence-electron chi connectivity index (χ0n) is 7.65. The van der Waals surface area contributed by atoms with Gasteiger partial charge in [0.2, 0.25) is 0 Å². The van der Waals surface area contributed by atoms with Crippen LogP contribution in [0.3, 0.4) is 0 Å². The molecule has 0 radical (unpaired) electrons. The Morgan fingerprint density at radius 1 is 1.54 bits per heavy atom. The van der Waals surface area contributed by atoms with Crippen LogP contribution in [0.15, 0.2) is 12.5 Å². The number of hydrogen-bond donors (Lipinski definition) is 1. The number of imidazole rings is 1. The fourth-order valence-electron chi connectivity index (χ4n) is 1.67. The van der Waals surface area contributed by atoms with Crippen molar-refractivity contribution in [3.05, 3.63) is 18.2 Å². The SMILES string of the molecule is NCc1cn(C2CCOCC2)cn1. The maximum Gasteiger partial charge on any atom is 0.0952 e. The molecular formula is C9H15N3O. The molecule has 0 aliphatic carbocycles. The van der Waals surface area contributed by atoms with E-state index < -0.39 is 0 Å². The first-order chi connectivity index (χ1) is 6.40. The van der Waals surface area contributed by atoms with Crippen molar-refractivity contribution >= 4 is 0 Å². The summed E-state index contributed by atoms with van der Waals surface area (Å²) in [5.74, 6) is 0. The predicted molar refractivity (Wildman–Crippen MR) is 49.2 cm³/mol. The highest BCUT2D eigenvalue weighted by Crippen LogP contribution is 2.20. The monoisotopic (exact) mass is 181 g/mol. The second kappa shape index (κ2) is 3.89. The van der Waals surface area contributed by atoms with E-state index in [4.69, 9.17) is 10.5 Å². The minimum Gasteiger partial charge on any atom is -0.381 e. The first-order valence-corrected chi connectivity index (χ1v) is 4.70. The van der Waals surface area contributed by atoms with Gasteiger partial charge in [0, 0.05) is 32.0 Å². The number of ether oxygens (including phenoxy) is 1. The Balaban J connectivity index is 2.05. The Hall–Kier alpha value is -0.870. The molecule has 0 spiro atoms. The maximum atomic E-state index is 5.49. The lowest BCUT2D eigenvalue weighted by Crippen LogP contribution is -2.18. The van der Waals surface area contributed by atoms with Crippen molar-refractivity contribution in [1.82, 2.24) is 9.55 Å². The Labute approximate surface area is 77.7 Å². The Kier molecular flexibility index (Phi) is 2.61. The second-order valence-corrected chi connectivity index (χ2v) is 3.36. The fourth-order valence-corrected chi connectivity index (χ4v) is 1.67. The molecule has 2 heterocycles. The lowest BCUT2D eigenvalue weighted by Gasteiger charge is -2.22. The van der Waals surface area contributed by atoms with Gasteiger partial charge in [0.15, 0.2) is 0 Å². The molecule has 1 aromatic rings. The molecule has 0 atom stereocenters. The van der Waals surface area contributed by atoms with Crippen molar-refractivity contribution in [2.45, 2.75) is 25.4 Å². The van der Waals surface area contributed by atoms with E-state index in [1.807, 2.05) is 12.5 Å². The Morgan fingerprint density at radius 3 is 2.92 bits per heavy atom. The molecule has 0 bridgehead atoms. The summed E-state index contributed by atoms with van der Waals surface area (Å²) < 4.78 is 7.45. The third-order valence-electron chi connectivity index (χ3n) is 2.48. The summed E-state index contributed by atoms with van der Waals surface area (Å²) in [4.78, 5) is 4.21. The van der Waals surface area contributed by atoms with Crippen molar-refractivity contribution in [2.24, 2.45) is 5.73 Å². The van der Waals surface area contributed by atoms with Crippen molar-refractivity contribution in [1.29, 1.82) is 0 Å². The molecule has 4 nitrogen and oxygen atoms in total. The van der Waals surface area contributed by atoms with Gasteiger partial charge in [0.05, 0.1) is 12.0 Å². The van der Waals surface area contributed by atoms with Gasteiger partial charge >= 0.3 is 0 Å². The van der Waals surface area contributed by atoms with Crippen LogP contribution in [0.25, 0.3) is 0 Å². The number of aromatic nitrogens is 2. The zero-order valence-corrected chi connectivity index (χ0v) is 7.65. The lowest BCUT2D eigenvalue weighted by molar-refractivity contribution is 0.0695. The highest BCUT2D eigenvalue weighted by atomic mass is 16.5. The van der Waals surface area contributed by atoms with E-state index in [1.165, 1.54) is 0 Å². The van der Waals surface area contributed by atoms with E-state index in [0.717, 1.165) is 31.7 Å². The molecule has 0 saturated carbocycles. The summed E-state index contributed by atoms with van der Waals surface area (Å²) >= 11 is 0. The summed E-state index contributed by atoms with van der Waals surface area (Å²) in [5.41, 5.74) is 6.46. The third-order valence-corrected chi connectivity index (χ3v) is 2.48.